The Kier molecular flexibility index (Phi) is 6.24. The van der Waals surface area contributed by atoms with Crippen LogP contribution in [-0.4, -0.2) is 32.5 Å². The lowest BCUT2D eigenvalue weighted by Gasteiger charge is -2.13. The Morgan fingerprint density at radius 1 is 1.07 bits per heavy atom. The first-order chi connectivity index (χ1) is 14.2. The summed E-state index contributed by atoms with van der Waals surface area (Å²) in [5.74, 6) is 0.695. The summed E-state index contributed by atoms with van der Waals surface area (Å²) in [5, 5.41) is 12.4. The largest absolute Gasteiger partial charge is 0.353 e. The molecule has 4 rings (SSSR count). The van der Waals surface area contributed by atoms with Crippen LogP contribution in [0.15, 0.2) is 59.8 Å². The van der Waals surface area contributed by atoms with Gasteiger partial charge in [-0.25, -0.2) is 4.39 Å². The Morgan fingerprint density at radius 3 is 2.52 bits per heavy atom. The third-order valence-corrected chi connectivity index (χ3v) is 6.02. The molecule has 7 heteroatoms. The van der Waals surface area contributed by atoms with Crippen molar-refractivity contribution >= 4 is 17.7 Å². The average molecular weight is 411 g/mol. The highest BCUT2D eigenvalue weighted by Gasteiger charge is 2.19. The number of aromatic nitrogens is 3. The Bertz CT molecular complexity index is 953. The van der Waals surface area contributed by atoms with Crippen LogP contribution in [0, 0.1) is 5.82 Å². The molecule has 1 N–H and O–H groups in total. The molecular formula is C22H23FN4OS. The van der Waals surface area contributed by atoms with Crippen molar-refractivity contribution in [2.75, 3.05) is 5.75 Å². The zero-order valence-electron chi connectivity index (χ0n) is 16.1. The van der Waals surface area contributed by atoms with Crippen LogP contribution in [0.5, 0.6) is 0 Å². The molecule has 150 valence electrons. The van der Waals surface area contributed by atoms with E-state index in [1.54, 1.807) is 12.1 Å². The van der Waals surface area contributed by atoms with Crippen molar-refractivity contribution in [1.82, 2.24) is 20.1 Å². The van der Waals surface area contributed by atoms with E-state index >= 15 is 0 Å². The molecule has 0 radical (unpaired) electrons. The predicted octanol–water partition coefficient (Wildman–Crippen LogP) is 4.28. The lowest BCUT2D eigenvalue weighted by Crippen LogP contribution is -2.33. The second-order valence-electron chi connectivity index (χ2n) is 7.22. The number of nitrogens with zero attached hydrogens (tertiary/aromatic N) is 3. The fourth-order valence-electron chi connectivity index (χ4n) is 3.59. The van der Waals surface area contributed by atoms with Gasteiger partial charge in [-0.05, 0) is 42.7 Å². The van der Waals surface area contributed by atoms with E-state index in [2.05, 4.69) is 15.5 Å². The maximum absolute atomic E-state index is 13.3. The van der Waals surface area contributed by atoms with E-state index in [1.165, 1.54) is 36.7 Å². The number of amides is 1. The number of carbonyl (C=O) groups is 1. The molecule has 0 saturated heterocycles. The van der Waals surface area contributed by atoms with Crippen LogP contribution in [0.4, 0.5) is 4.39 Å². The molecule has 1 amide bonds. The van der Waals surface area contributed by atoms with Crippen LogP contribution in [0.3, 0.4) is 0 Å². The highest BCUT2D eigenvalue weighted by Crippen LogP contribution is 2.26. The summed E-state index contributed by atoms with van der Waals surface area (Å²) in [7, 11) is 0. The molecule has 1 aromatic heterocycles. The van der Waals surface area contributed by atoms with Crippen LogP contribution in [0.1, 0.15) is 31.2 Å². The van der Waals surface area contributed by atoms with E-state index in [0.29, 0.717) is 29.3 Å². The SMILES string of the molecule is O=C(CSc1nnc(-c2ccc(F)cc2)n1Cc1ccccc1)NC1CCCC1. The smallest absolute Gasteiger partial charge is 0.230 e. The topological polar surface area (TPSA) is 59.8 Å². The molecule has 0 spiro atoms. The lowest BCUT2D eigenvalue weighted by atomic mass is 10.2. The fourth-order valence-corrected chi connectivity index (χ4v) is 4.34. The second kappa shape index (κ2) is 9.22. The first-order valence-electron chi connectivity index (χ1n) is 9.84. The van der Waals surface area contributed by atoms with Crippen LogP contribution < -0.4 is 5.32 Å². The van der Waals surface area contributed by atoms with Crippen LogP contribution in [0.2, 0.25) is 0 Å². The number of hydrogen-bond donors (Lipinski definition) is 1. The summed E-state index contributed by atoms with van der Waals surface area (Å²) < 4.78 is 15.3. The van der Waals surface area contributed by atoms with Gasteiger partial charge in [0.25, 0.3) is 0 Å². The number of halogens is 1. The lowest BCUT2D eigenvalue weighted by molar-refractivity contribution is -0.119. The molecule has 0 unspecified atom stereocenters. The van der Waals surface area contributed by atoms with Gasteiger partial charge in [0.1, 0.15) is 5.82 Å². The number of rotatable bonds is 7. The summed E-state index contributed by atoms with van der Waals surface area (Å²) in [6.07, 6.45) is 4.50. The standard InChI is InChI=1S/C22H23FN4OS/c23-18-12-10-17(11-13-18)21-25-26-22(27(21)14-16-6-2-1-3-7-16)29-15-20(28)24-19-8-4-5-9-19/h1-3,6-7,10-13,19H,4-5,8-9,14-15H2,(H,24,28). The summed E-state index contributed by atoms with van der Waals surface area (Å²) in [6.45, 7) is 0.577. The summed E-state index contributed by atoms with van der Waals surface area (Å²) in [6, 6.07) is 16.5. The van der Waals surface area contributed by atoms with Gasteiger partial charge in [0.05, 0.1) is 12.3 Å². The number of benzene rings is 2. The molecule has 0 bridgehead atoms. The number of carbonyl (C=O) groups excluding carboxylic acids is 1. The fraction of sp³-hybridized carbons (Fsp3) is 0.318. The molecular weight excluding hydrogens is 387 g/mol. The maximum atomic E-state index is 13.3. The van der Waals surface area contributed by atoms with E-state index in [9.17, 15) is 9.18 Å². The van der Waals surface area contributed by atoms with E-state index < -0.39 is 0 Å². The Balaban J connectivity index is 1.54. The van der Waals surface area contributed by atoms with Crippen LogP contribution >= 0.6 is 11.8 Å². The van der Waals surface area contributed by atoms with Gasteiger partial charge in [0.2, 0.25) is 5.91 Å². The molecule has 0 aliphatic heterocycles. The molecule has 0 atom stereocenters. The third kappa shape index (κ3) is 5.03. The van der Waals surface area contributed by atoms with E-state index in [-0.39, 0.29) is 11.7 Å². The Hall–Kier alpha value is -2.67. The maximum Gasteiger partial charge on any atom is 0.230 e. The summed E-state index contributed by atoms with van der Waals surface area (Å²) in [5.41, 5.74) is 1.89. The van der Waals surface area contributed by atoms with Crippen molar-refractivity contribution in [2.24, 2.45) is 0 Å². The first kappa shape index (κ1) is 19.6. The summed E-state index contributed by atoms with van der Waals surface area (Å²) >= 11 is 1.38. The van der Waals surface area contributed by atoms with Crippen molar-refractivity contribution in [1.29, 1.82) is 0 Å². The zero-order valence-corrected chi connectivity index (χ0v) is 16.9. The molecule has 1 saturated carbocycles. The van der Waals surface area contributed by atoms with E-state index in [4.69, 9.17) is 0 Å². The van der Waals surface area contributed by atoms with Crippen molar-refractivity contribution < 1.29 is 9.18 Å². The van der Waals surface area contributed by atoms with Gasteiger partial charge in [-0.1, -0.05) is 54.9 Å². The van der Waals surface area contributed by atoms with Crippen LogP contribution in [-0.2, 0) is 11.3 Å². The molecule has 29 heavy (non-hydrogen) atoms. The minimum absolute atomic E-state index is 0.0273. The third-order valence-electron chi connectivity index (χ3n) is 5.06. The first-order valence-corrected chi connectivity index (χ1v) is 10.8. The molecule has 3 aromatic rings. The van der Waals surface area contributed by atoms with Gasteiger partial charge >= 0.3 is 0 Å². The van der Waals surface area contributed by atoms with Gasteiger partial charge < -0.3 is 5.32 Å². The van der Waals surface area contributed by atoms with Gasteiger partial charge in [0, 0.05) is 11.6 Å². The molecule has 1 aliphatic rings. The van der Waals surface area contributed by atoms with Crippen molar-refractivity contribution in [3.63, 3.8) is 0 Å². The highest BCUT2D eigenvalue weighted by molar-refractivity contribution is 7.99. The second-order valence-corrected chi connectivity index (χ2v) is 8.16. The van der Waals surface area contributed by atoms with Crippen molar-refractivity contribution in [3.05, 3.63) is 66.0 Å². The molecule has 1 aliphatic carbocycles. The molecule has 2 aromatic carbocycles. The normalized spacial score (nSPS) is 14.2. The predicted molar refractivity (Wildman–Crippen MR) is 112 cm³/mol. The highest BCUT2D eigenvalue weighted by atomic mass is 32.2. The molecule has 1 fully saturated rings. The summed E-state index contributed by atoms with van der Waals surface area (Å²) in [4.78, 5) is 12.3. The monoisotopic (exact) mass is 410 g/mol. The Morgan fingerprint density at radius 2 is 1.79 bits per heavy atom. The number of thioether (sulfide) groups is 1. The Labute approximate surface area is 173 Å². The molecule has 5 nitrogen and oxygen atoms in total. The minimum Gasteiger partial charge on any atom is -0.353 e. The van der Waals surface area contributed by atoms with Gasteiger partial charge in [-0.2, -0.15) is 0 Å². The molecule has 1 heterocycles. The zero-order chi connectivity index (χ0) is 20.1. The minimum atomic E-state index is -0.291. The van der Waals surface area contributed by atoms with Crippen molar-refractivity contribution in [2.45, 2.75) is 43.4 Å². The van der Waals surface area contributed by atoms with Crippen molar-refractivity contribution in [3.8, 4) is 11.4 Å². The quantitative estimate of drug-likeness (QED) is 0.591. The number of hydrogen-bond acceptors (Lipinski definition) is 4. The van der Waals surface area contributed by atoms with Gasteiger partial charge in [-0.15, -0.1) is 10.2 Å². The van der Waals surface area contributed by atoms with E-state index in [1.807, 2.05) is 34.9 Å². The van der Waals surface area contributed by atoms with Gasteiger partial charge in [-0.3, -0.25) is 9.36 Å². The number of nitrogens with one attached hydrogen (secondary N) is 1. The average Bonchev–Trinajstić information content (AvgIpc) is 3.38. The van der Waals surface area contributed by atoms with Crippen LogP contribution in [0.25, 0.3) is 11.4 Å². The van der Waals surface area contributed by atoms with E-state index in [0.717, 1.165) is 24.0 Å². The van der Waals surface area contributed by atoms with Gasteiger partial charge in [0.15, 0.2) is 11.0 Å².